The van der Waals surface area contributed by atoms with E-state index in [-0.39, 0.29) is 6.07 Å². The van der Waals surface area contributed by atoms with Crippen LogP contribution in [0.15, 0.2) is 34.3 Å². The Morgan fingerprint density at radius 2 is 1.96 bits per heavy atom. The highest BCUT2D eigenvalue weighted by atomic mass is 35.5. The van der Waals surface area contributed by atoms with E-state index in [9.17, 15) is 30.8 Å². The van der Waals surface area contributed by atoms with E-state index in [1.165, 1.54) is 11.9 Å². The van der Waals surface area contributed by atoms with Gasteiger partial charge in [0.05, 0.1) is 21.7 Å². The summed E-state index contributed by atoms with van der Waals surface area (Å²) in [4.78, 5) is 12.4. The van der Waals surface area contributed by atoms with Gasteiger partial charge >= 0.3 is 12.2 Å². The molecular weight excluding hydrogens is 402 g/mol. The van der Waals surface area contributed by atoms with Gasteiger partial charge in [0.25, 0.3) is 0 Å². The van der Waals surface area contributed by atoms with Crippen LogP contribution in [0.3, 0.4) is 0 Å². The van der Waals surface area contributed by atoms with Crippen molar-refractivity contribution >= 4 is 27.5 Å². The molecule has 0 N–H and O–H groups in total. The Bertz CT molecular complexity index is 957. The Morgan fingerprint density at radius 3 is 2.50 bits per heavy atom. The maximum atomic E-state index is 13.4. The van der Waals surface area contributed by atoms with Crippen molar-refractivity contribution in [1.29, 1.82) is 0 Å². The number of halogens is 5. The van der Waals surface area contributed by atoms with Crippen LogP contribution in [-0.4, -0.2) is 42.7 Å². The van der Waals surface area contributed by atoms with Gasteiger partial charge in [-0.2, -0.15) is 23.0 Å². The van der Waals surface area contributed by atoms with Gasteiger partial charge in [-0.1, -0.05) is 11.6 Å². The highest BCUT2D eigenvalue weighted by molar-refractivity contribution is 7.91. The molecule has 0 fully saturated rings. The number of amides is 1. The lowest BCUT2D eigenvalue weighted by Crippen LogP contribution is -2.31. The zero-order chi connectivity index (χ0) is 19.9. The van der Waals surface area contributed by atoms with Crippen LogP contribution in [0.1, 0.15) is 12.5 Å². The normalized spacial score (nSPS) is 12.3. The van der Waals surface area contributed by atoms with Gasteiger partial charge in [0.2, 0.25) is 14.9 Å². The first-order chi connectivity index (χ1) is 11.9. The van der Waals surface area contributed by atoms with Crippen LogP contribution in [-0.2, 0) is 16.0 Å². The molecule has 0 unspecified atom stereocenters. The van der Waals surface area contributed by atoms with E-state index in [0.29, 0.717) is 23.4 Å². The fourth-order valence-electron chi connectivity index (χ4n) is 1.93. The number of hydrogen-bond acceptors (Lipinski definition) is 4. The third-order valence-corrected chi connectivity index (χ3v) is 5.52. The van der Waals surface area contributed by atoms with Gasteiger partial charge in [-0.3, -0.25) is 0 Å². The smallest absolute Gasteiger partial charge is 0.326 e. The fourth-order valence-corrected chi connectivity index (χ4v) is 3.61. The second-order valence-electron chi connectivity index (χ2n) is 5.17. The average molecular weight is 414 g/mol. The monoisotopic (exact) mass is 413 g/mol. The number of alkyl halides is 3. The van der Waals surface area contributed by atoms with Gasteiger partial charge in [0.15, 0.2) is 0 Å². The first kappa shape index (κ1) is 20.2. The predicted octanol–water partition coefficient (Wildman–Crippen LogP) is 3.45. The summed E-state index contributed by atoms with van der Waals surface area (Å²) in [6.07, 6.45) is -4.16. The number of nitrogens with zero attached hydrogens (tertiary/aromatic N) is 3. The van der Waals surface area contributed by atoms with Crippen LogP contribution in [0.4, 0.5) is 22.4 Å². The molecule has 1 aromatic carbocycles. The van der Waals surface area contributed by atoms with E-state index in [1.807, 2.05) is 0 Å². The van der Waals surface area contributed by atoms with Crippen molar-refractivity contribution in [3.63, 3.8) is 0 Å². The SMILES string of the molecule is CCN(C)C(=O)n1cc(Cl)c(S(=O)(=O)c2ccc(F)c(C(F)(F)F)c2)n1. The maximum absolute atomic E-state index is 13.4. The van der Waals surface area contributed by atoms with Crippen molar-refractivity contribution in [3.05, 3.63) is 40.8 Å². The Kier molecular flexibility index (Phi) is 5.34. The first-order valence-corrected chi connectivity index (χ1v) is 8.88. The molecule has 0 aliphatic carbocycles. The topological polar surface area (TPSA) is 72.3 Å². The molecular formula is C14H12ClF4N3O3S. The van der Waals surface area contributed by atoms with E-state index >= 15 is 0 Å². The van der Waals surface area contributed by atoms with Crippen molar-refractivity contribution in [1.82, 2.24) is 14.7 Å². The van der Waals surface area contributed by atoms with E-state index in [2.05, 4.69) is 5.10 Å². The number of hydrogen-bond donors (Lipinski definition) is 0. The van der Waals surface area contributed by atoms with Crippen molar-refractivity contribution < 1.29 is 30.8 Å². The molecule has 1 amide bonds. The van der Waals surface area contributed by atoms with Crippen LogP contribution in [0.5, 0.6) is 0 Å². The molecule has 0 aliphatic heterocycles. The lowest BCUT2D eigenvalue weighted by atomic mass is 10.2. The number of benzene rings is 1. The van der Waals surface area contributed by atoms with Crippen molar-refractivity contribution in [2.75, 3.05) is 13.6 Å². The molecule has 6 nitrogen and oxygen atoms in total. The molecule has 0 radical (unpaired) electrons. The van der Waals surface area contributed by atoms with Crippen molar-refractivity contribution in [2.45, 2.75) is 23.0 Å². The number of carbonyl (C=O) groups is 1. The van der Waals surface area contributed by atoms with Gasteiger partial charge in [-0.25, -0.2) is 17.6 Å². The molecule has 26 heavy (non-hydrogen) atoms. The zero-order valence-corrected chi connectivity index (χ0v) is 15.0. The van der Waals surface area contributed by atoms with Crippen LogP contribution < -0.4 is 0 Å². The van der Waals surface area contributed by atoms with Crippen molar-refractivity contribution in [3.8, 4) is 0 Å². The summed E-state index contributed by atoms with van der Waals surface area (Å²) < 4.78 is 77.5. The van der Waals surface area contributed by atoms with E-state index < -0.39 is 48.4 Å². The highest BCUT2D eigenvalue weighted by Crippen LogP contribution is 2.34. The molecule has 0 aliphatic rings. The predicted molar refractivity (Wildman–Crippen MR) is 83.2 cm³/mol. The van der Waals surface area contributed by atoms with Crippen LogP contribution in [0, 0.1) is 5.82 Å². The van der Waals surface area contributed by atoms with Gasteiger partial charge in [0, 0.05) is 13.6 Å². The molecule has 2 aromatic rings. The molecule has 1 heterocycles. The van der Waals surface area contributed by atoms with Gasteiger partial charge in [-0.15, -0.1) is 0 Å². The van der Waals surface area contributed by atoms with Gasteiger partial charge < -0.3 is 4.90 Å². The molecule has 0 saturated carbocycles. The molecule has 12 heteroatoms. The fraction of sp³-hybridized carbons (Fsp3) is 0.286. The van der Waals surface area contributed by atoms with Crippen molar-refractivity contribution in [2.24, 2.45) is 0 Å². The second kappa shape index (κ2) is 6.88. The lowest BCUT2D eigenvalue weighted by molar-refractivity contribution is -0.140. The molecule has 0 atom stereocenters. The summed E-state index contributed by atoms with van der Waals surface area (Å²) in [5, 5.41) is 2.31. The Hall–Kier alpha value is -2.14. The second-order valence-corrected chi connectivity index (χ2v) is 7.44. The maximum Gasteiger partial charge on any atom is 0.419 e. The molecule has 1 aromatic heterocycles. The molecule has 0 spiro atoms. The molecule has 0 bridgehead atoms. The highest BCUT2D eigenvalue weighted by Gasteiger charge is 2.36. The number of sulfone groups is 1. The number of aromatic nitrogens is 2. The third kappa shape index (κ3) is 3.68. The van der Waals surface area contributed by atoms with E-state index in [4.69, 9.17) is 11.6 Å². The van der Waals surface area contributed by atoms with E-state index in [0.717, 1.165) is 6.20 Å². The summed E-state index contributed by atoms with van der Waals surface area (Å²) in [5.41, 5.74) is -1.74. The number of rotatable bonds is 3. The Morgan fingerprint density at radius 1 is 1.35 bits per heavy atom. The molecule has 0 saturated heterocycles. The summed E-state index contributed by atoms with van der Waals surface area (Å²) in [6, 6.07) is 0.511. The minimum Gasteiger partial charge on any atom is -0.326 e. The molecule has 142 valence electrons. The third-order valence-electron chi connectivity index (χ3n) is 3.44. The standard InChI is InChI=1S/C14H12ClF4N3O3S/c1-3-21(2)13(23)22-7-10(15)12(20-22)26(24,25)8-4-5-11(16)9(6-8)14(17,18)19/h4-7H,3H2,1-2H3. The van der Waals surface area contributed by atoms with Crippen LogP contribution in [0.2, 0.25) is 5.02 Å². The van der Waals surface area contributed by atoms with E-state index in [1.54, 1.807) is 6.92 Å². The Labute approximate surface area is 150 Å². The van der Waals surface area contributed by atoms with Gasteiger partial charge in [-0.05, 0) is 25.1 Å². The average Bonchev–Trinajstić information content (AvgIpc) is 2.95. The largest absolute Gasteiger partial charge is 0.419 e. The number of carbonyl (C=O) groups excluding carboxylic acids is 1. The minimum atomic E-state index is -5.08. The summed E-state index contributed by atoms with van der Waals surface area (Å²) in [6.45, 7) is 1.96. The first-order valence-electron chi connectivity index (χ1n) is 7.02. The molecule has 2 rings (SSSR count). The minimum absolute atomic E-state index is 0.153. The summed E-state index contributed by atoms with van der Waals surface area (Å²) >= 11 is 5.80. The van der Waals surface area contributed by atoms with Crippen LogP contribution >= 0.6 is 11.6 Å². The summed E-state index contributed by atoms with van der Waals surface area (Å²) in [7, 11) is -3.18. The summed E-state index contributed by atoms with van der Waals surface area (Å²) in [5.74, 6) is -1.62. The zero-order valence-electron chi connectivity index (χ0n) is 13.4. The Balaban J connectivity index is 2.56. The lowest BCUT2D eigenvalue weighted by Gasteiger charge is -2.13. The van der Waals surface area contributed by atoms with Crippen LogP contribution in [0.25, 0.3) is 0 Å². The van der Waals surface area contributed by atoms with Gasteiger partial charge in [0.1, 0.15) is 5.82 Å². The quantitative estimate of drug-likeness (QED) is 0.570.